The SMILES string of the molecule is CC1CCCCC(C(C)CNc2ncnc(-c3cnc4ccccc4c3)n2)CCC1. The Morgan fingerprint density at radius 1 is 1.00 bits per heavy atom. The summed E-state index contributed by atoms with van der Waals surface area (Å²) < 4.78 is 0. The normalized spacial score (nSPS) is 21.4. The van der Waals surface area contributed by atoms with Crippen LogP contribution in [0.4, 0.5) is 5.95 Å². The number of rotatable bonds is 5. The van der Waals surface area contributed by atoms with E-state index in [2.05, 4.69) is 51.2 Å². The Hall–Kier alpha value is -2.56. The fourth-order valence-electron chi connectivity index (χ4n) is 4.62. The molecule has 3 unspecified atom stereocenters. The topological polar surface area (TPSA) is 63.6 Å². The van der Waals surface area contributed by atoms with Crippen molar-refractivity contribution in [1.82, 2.24) is 19.9 Å². The lowest BCUT2D eigenvalue weighted by molar-refractivity contribution is 0.313. The third kappa shape index (κ3) is 5.32. The van der Waals surface area contributed by atoms with Crippen LogP contribution in [0.3, 0.4) is 0 Å². The molecule has 4 rings (SSSR count). The average Bonchev–Trinajstić information content (AvgIpc) is 2.89. The molecule has 1 aliphatic rings. The van der Waals surface area contributed by atoms with Crippen LogP contribution in [0, 0.1) is 17.8 Å². The van der Waals surface area contributed by atoms with Crippen molar-refractivity contribution in [2.75, 3.05) is 11.9 Å². The Labute approximate surface area is 179 Å². The zero-order valence-corrected chi connectivity index (χ0v) is 18.2. The van der Waals surface area contributed by atoms with Gasteiger partial charge in [0.25, 0.3) is 0 Å². The van der Waals surface area contributed by atoms with Gasteiger partial charge in [-0.05, 0) is 29.9 Å². The molecule has 5 heteroatoms. The first-order valence-electron chi connectivity index (χ1n) is 11.5. The van der Waals surface area contributed by atoms with Crippen LogP contribution in [0.2, 0.25) is 0 Å². The van der Waals surface area contributed by atoms with Gasteiger partial charge in [-0.25, -0.2) is 9.97 Å². The Balaban J connectivity index is 1.40. The number of hydrogen-bond acceptors (Lipinski definition) is 5. The van der Waals surface area contributed by atoms with Gasteiger partial charge in [0.05, 0.1) is 5.52 Å². The minimum Gasteiger partial charge on any atom is -0.354 e. The second-order valence-electron chi connectivity index (χ2n) is 8.99. The molecule has 0 aliphatic heterocycles. The molecule has 1 saturated carbocycles. The average molecular weight is 404 g/mol. The van der Waals surface area contributed by atoms with Crippen LogP contribution in [0.15, 0.2) is 42.9 Å². The van der Waals surface area contributed by atoms with E-state index in [-0.39, 0.29) is 0 Å². The van der Waals surface area contributed by atoms with E-state index >= 15 is 0 Å². The van der Waals surface area contributed by atoms with Crippen molar-refractivity contribution < 1.29 is 0 Å². The Bertz CT molecular complexity index is 957. The third-order valence-corrected chi connectivity index (χ3v) is 6.60. The molecule has 3 atom stereocenters. The van der Waals surface area contributed by atoms with Gasteiger partial charge in [-0.3, -0.25) is 4.98 Å². The summed E-state index contributed by atoms with van der Waals surface area (Å²) in [5, 5.41) is 4.56. The molecule has 5 nitrogen and oxygen atoms in total. The molecule has 0 spiro atoms. The molecule has 3 aromatic rings. The van der Waals surface area contributed by atoms with Crippen LogP contribution in [0.1, 0.15) is 58.8 Å². The molecule has 30 heavy (non-hydrogen) atoms. The molecule has 2 aromatic heterocycles. The van der Waals surface area contributed by atoms with Crippen molar-refractivity contribution in [3.05, 3.63) is 42.9 Å². The standard InChI is InChI=1S/C25H33N5/c1-18-8-3-4-10-20(12-7-9-18)19(2)15-27-25-29-17-28-24(30-25)22-14-21-11-5-6-13-23(21)26-16-22/h5-6,11,13-14,16-20H,3-4,7-10,12,15H2,1-2H3,(H,27,28,29,30). The van der Waals surface area contributed by atoms with E-state index in [1.165, 1.54) is 44.9 Å². The number of fused-ring (bicyclic) bond motifs is 1. The molecule has 0 saturated heterocycles. The summed E-state index contributed by atoms with van der Waals surface area (Å²) in [5.41, 5.74) is 1.89. The lowest BCUT2D eigenvalue weighted by atomic mass is 9.85. The number of aromatic nitrogens is 4. The number of anilines is 1. The maximum Gasteiger partial charge on any atom is 0.226 e. The predicted molar refractivity (Wildman–Crippen MR) is 123 cm³/mol. The minimum absolute atomic E-state index is 0.612. The van der Waals surface area contributed by atoms with E-state index < -0.39 is 0 Å². The van der Waals surface area contributed by atoms with Gasteiger partial charge in [-0.15, -0.1) is 0 Å². The highest BCUT2D eigenvalue weighted by molar-refractivity contribution is 5.82. The molecule has 1 fully saturated rings. The zero-order valence-electron chi connectivity index (χ0n) is 18.2. The molecule has 2 heterocycles. The van der Waals surface area contributed by atoms with E-state index in [4.69, 9.17) is 0 Å². The van der Waals surface area contributed by atoms with Crippen molar-refractivity contribution in [2.24, 2.45) is 17.8 Å². The molecule has 1 aromatic carbocycles. The molecular formula is C25H33N5. The Morgan fingerprint density at radius 2 is 1.80 bits per heavy atom. The lowest BCUT2D eigenvalue weighted by Crippen LogP contribution is -2.21. The van der Waals surface area contributed by atoms with Gasteiger partial charge in [-0.2, -0.15) is 4.98 Å². The second kappa shape index (κ2) is 9.96. The van der Waals surface area contributed by atoms with Gasteiger partial charge < -0.3 is 5.32 Å². The highest BCUT2D eigenvalue weighted by Gasteiger charge is 2.19. The van der Waals surface area contributed by atoms with E-state index in [1.807, 2.05) is 24.4 Å². The molecule has 1 aliphatic carbocycles. The van der Waals surface area contributed by atoms with Crippen LogP contribution >= 0.6 is 0 Å². The number of hydrogen-bond donors (Lipinski definition) is 1. The quantitative estimate of drug-likeness (QED) is 0.555. The van der Waals surface area contributed by atoms with Crippen molar-refractivity contribution >= 4 is 16.9 Å². The van der Waals surface area contributed by atoms with Gasteiger partial charge in [0, 0.05) is 23.7 Å². The first-order chi connectivity index (χ1) is 14.7. The van der Waals surface area contributed by atoms with Crippen molar-refractivity contribution in [3.63, 3.8) is 0 Å². The summed E-state index contributed by atoms with van der Waals surface area (Å²) in [6, 6.07) is 10.2. The maximum atomic E-state index is 4.65. The summed E-state index contributed by atoms with van der Waals surface area (Å²) >= 11 is 0. The highest BCUT2D eigenvalue weighted by Crippen LogP contribution is 2.29. The van der Waals surface area contributed by atoms with Crippen LogP contribution < -0.4 is 5.32 Å². The molecule has 1 N–H and O–H groups in total. The first-order valence-corrected chi connectivity index (χ1v) is 11.5. The lowest BCUT2D eigenvalue weighted by Gasteiger charge is -2.24. The summed E-state index contributed by atoms with van der Waals surface area (Å²) in [5.74, 6) is 3.60. The summed E-state index contributed by atoms with van der Waals surface area (Å²) in [6.07, 6.45) is 13.0. The van der Waals surface area contributed by atoms with Crippen molar-refractivity contribution in [3.8, 4) is 11.4 Å². The van der Waals surface area contributed by atoms with E-state index in [9.17, 15) is 0 Å². The number of para-hydroxylation sites is 1. The molecule has 0 radical (unpaired) electrons. The Morgan fingerprint density at radius 3 is 2.73 bits per heavy atom. The molecule has 158 valence electrons. The summed E-state index contributed by atoms with van der Waals surface area (Å²) in [6.45, 7) is 5.68. The zero-order chi connectivity index (χ0) is 20.8. The van der Waals surface area contributed by atoms with Crippen LogP contribution in [-0.4, -0.2) is 26.5 Å². The van der Waals surface area contributed by atoms with E-state index in [0.717, 1.165) is 34.8 Å². The fraction of sp³-hybridized carbons (Fsp3) is 0.520. The number of nitrogens with one attached hydrogen (secondary N) is 1. The van der Waals surface area contributed by atoms with Gasteiger partial charge in [0.2, 0.25) is 5.95 Å². The monoisotopic (exact) mass is 403 g/mol. The number of benzene rings is 1. The predicted octanol–water partition coefficient (Wildman–Crippen LogP) is 6.13. The number of nitrogens with zero attached hydrogens (tertiary/aromatic N) is 4. The van der Waals surface area contributed by atoms with Crippen molar-refractivity contribution in [2.45, 2.75) is 58.8 Å². The van der Waals surface area contributed by atoms with Crippen LogP contribution in [-0.2, 0) is 0 Å². The van der Waals surface area contributed by atoms with Gasteiger partial charge in [0.1, 0.15) is 6.33 Å². The summed E-state index contributed by atoms with van der Waals surface area (Å²) in [7, 11) is 0. The highest BCUT2D eigenvalue weighted by atomic mass is 15.1. The smallest absolute Gasteiger partial charge is 0.226 e. The maximum absolute atomic E-state index is 4.65. The largest absolute Gasteiger partial charge is 0.354 e. The molecule has 0 amide bonds. The van der Waals surface area contributed by atoms with E-state index in [0.29, 0.717) is 17.7 Å². The van der Waals surface area contributed by atoms with Crippen LogP contribution in [0.5, 0.6) is 0 Å². The second-order valence-corrected chi connectivity index (χ2v) is 8.99. The molecule has 0 bridgehead atoms. The van der Waals surface area contributed by atoms with Gasteiger partial charge in [0.15, 0.2) is 5.82 Å². The summed E-state index contributed by atoms with van der Waals surface area (Å²) in [4.78, 5) is 17.9. The van der Waals surface area contributed by atoms with Crippen molar-refractivity contribution in [1.29, 1.82) is 0 Å². The minimum atomic E-state index is 0.612. The van der Waals surface area contributed by atoms with E-state index in [1.54, 1.807) is 6.33 Å². The fourth-order valence-corrected chi connectivity index (χ4v) is 4.62. The number of pyridine rings is 1. The van der Waals surface area contributed by atoms with Gasteiger partial charge in [-0.1, -0.05) is 77.0 Å². The third-order valence-electron chi connectivity index (χ3n) is 6.60. The molecular weight excluding hydrogens is 370 g/mol. The van der Waals surface area contributed by atoms with Crippen LogP contribution in [0.25, 0.3) is 22.3 Å². The Kier molecular flexibility index (Phi) is 6.88. The van der Waals surface area contributed by atoms with Gasteiger partial charge >= 0.3 is 0 Å². The first kappa shape index (κ1) is 20.7.